The highest BCUT2D eigenvalue weighted by Gasteiger charge is 2.25. The maximum atomic E-state index is 12.8. The maximum Gasteiger partial charge on any atom is 0.321 e. The first kappa shape index (κ1) is 20.7. The largest absolute Gasteiger partial charge is 0.336 e. The lowest BCUT2D eigenvalue weighted by Gasteiger charge is -2.25. The molecule has 2 N–H and O–H groups in total. The Kier molecular flexibility index (Phi) is 6.10. The number of nitrogens with one attached hydrogen (secondary N) is 2. The Morgan fingerprint density at radius 1 is 1.16 bits per heavy atom. The summed E-state index contributed by atoms with van der Waals surface area (Å²) in [6.45, 7) is 1.21. The molecule has 7 nitrogen and oxygen atoms in total. The minimum Gasteiger partial charge on any atom is -0.336 e. The first-order valence-corrected chi connectivity index (χ1v) is 13.1. The maximum absolute atomic E-state index is 12.8. The van der Waals surface area contributed by atoms with Gasteiger partial charge in [-0.25, -0.2) is 14.8 Å². The van der Waals surface area contributed by atoms with E-state index >= 15 is 0 Å². The second-order valence-electron chi connectivity index (χ2n) is 7.77. The van der Waals surface area contributed by atoms with E-state index in [1.165, 1.54) is 35.9 Å². The third kappa shape index (κ3) is 4.86. The quantitative estimate of drug-likeness (QED) is 0.533. The summed E-state index contributed by atoms with van der Waals surface area (Å²) in [6, 6.07) is 8.11. The lowest BCUT2D eigenvalue weighted by molar-refractivity contribution is -0.129. The van der Waals surface area contributed by atoms with Crippen molar-refractivity contribution in [3.8, 4) is 0 Å². The van der Waals surface area contributed by atoms with E-state index in [1.807, 2.05) is 23.1 Å². The summed E-state index contributed by atoms with van der Waals surface area (Å²) in [7, 11) is 0. The molecule has 1 saturated carbocycles. The molecule has 0 radical (unpaired) electrons. The number of amides is 3. The zero-order valence-electron chi connectivity index (χ0n) is 16.9. The molecule has 1 fully saturated rings. The molecule has 3 aromatic rings. The van der Waals surface area contributed by atoms with Gasteiger partial charge < -0.3 is 10.2 Å². The molecule has 1 aliphatic heterocycles. The first-order valence-electron chi connectivity index (χ1n) is 10.5. The van der Waals surface area contributed by atoms with Gasteiger partial charge in [0.2, 0.25) is 5.91 Å². The van der Waals surface area contributed by atoms with Crippen LogP contribution in [-0.2, 0) is 17.8 Å². The number of fused-ring (bicyclic) bond motifs is 2. The lowest BCUT2D eigenvalue weighted by Crippen LogP contribution is -2.36. The number of rotatable bonds is 5. The van der Waals surface area contributed by atoms with E-state index in [-0.39, 0.29) is 18.0 Å². The zero-order valence-corrected chi connectivity index (χ0v) is 19.4. The van der Waals surface area contributed by atoms with Crippen molar-refractivity contribution in [1.29, 1.82) is 0 Å². The molecule has 0 bridgehead atoms. The Labute approximate surface area is 192 Å². The zero-order chi connectivity index (χ0) is 21.2. The van der Waals surface area contributed by atoms with E-state index in [9.17, 15) is 9.59 Å². The van der Waals surface area contributed by atoms with Gasteiger partial charge in [-0.3, -0.25) is 10.1 Å². The van der Waals surface area contributed by atoms with Gasteiger partial charge in [-0.2, -0.15) is 0 Å². The van der Waals surface area contributed by atoms with E-state index in [0.29, 0.717) is 24.0 Å². The fourth-order valence-electron chi connectivity index (χ4n) is 3.98. The summed E-state index contributed by atoms with van der Waals surface area (Å²) in [4.78, 5) is 37.1. The lowest BCUT2D eigenvalue weighted by atomic mass is 10.2. The van der Waals surface area contributed by atoms with Crippen LogP contribution in [0.15, 0.2) is 28.6 Å². The summed E-state index contributed by atoms with van der Waals surface area (Å²) in [5.74, 6) is 0.486. The summed E-state index contributed by atoms with van der Waals surface area (Å²) in [6.07, 6.45) is 5.17. The van der Waals surface area contributed by atoms with Crippen LogP contribution in [0.1, 0.15) is 36.3 Å². The number of hydrogen-bond acceptors (Lipinski definition) is 7. The highest BCUT2D eigenvalue weighted by atomic mass is 32.2. The van der Waals surface area contributed by atoms with Gasteiger partial charge in [0.15, 0.2) is 9.47 Å². The van der Waals surface area contributed by atoms with Gasteiger partial charge in [0, 0.05) is 23.9 Å². The molecular formula is C21H23N5O2S3. The van der Waals surface area contributed by atoms with Crippen molar-refractivity contribution in [3.05, 3.63) is 34.8 Å². The predicted octanol–water partition coefficient (Wildman–Crippen LogP) is 4.49. The average Bonchev–Trinajstić information content (AvgIpc) is 3.50. The number of nitrogens with zero attached hydrogens (tertiary/aromatic N) is 3. The van der Waals surface area contributed by atoms with Crippen molar-refractivity contribution in [2.24, 2.45) is 0 Å². The van der Waals surface area contributed by atoms with Crippen molar-refractivity contribution in [3.63, 3.8) is 0 Å². The van der Waals surface area contributed by atoms with E-state index in [1.54, 1.807) is 11.3 Å². The van der Waals surface area contributed by atoms with E-state index in [0.717, 1.165) is 44.4 Å². The highest BCUT2D eigenvalue weighted by molar-refractivity contribution is 8.01. The Balaban J connectivity index is 1.15. The number of urea groups is 1. The molecule has 3 heterocycles. The SMILES string of the molecule is O=C(Nc1nc2c(s1)CN(C(=O)CSc1nc3ccccc3s1)CC2)NC1CCCC1. The number of aromatic nitrogens is 2. The van der Waals surface area contributed by atoms with Gasteiger partial charge in [-0.15, -0.1) is 11.3 Å². The Morgan fingerprint density at radius 2 is 2.00 bits per heavy atom. The number of carbonyl (C=O) groups is 2. The number of benzene rings is 1. The molecule has 162 valence electrons. The topological polar surface area (TPSA) is 87.2 Å². The molecule has 3 amide bonds. The molecule has 0 saturated heterocycles. The van der Waals surface area contributed by atoms with Crippen molar-refractivity contribution in [1.82, 2.24) is 20.2 Å². The molecule has 0 unspecified atom stereocenters. The minimum atomic E-state index is -0.182. The molecular weight excluding hydrogens is 450 g/mol. The second kappa shape index (κ2) is 9.13. The number of para-hydroxylation sites is 1. The van der Waals surface area contributed by atoms with E-state index in [4.69, 9.17) is 0 Å². The summed E-state index contributed by atoms with van der Waals surface area (Å²) < 4.78 is 2.06. The van der Waals surface area contributed by atoms with Crippen LogP contribution in [-0.4, -0.2) is 45.1 Å². The average molecular weight is 474 g/mol. The molecule has 10 heteroatoms. The van der Waals surface area contributed by atoms with Gasteiger partial charge >= 0.3 is 6.03 Å². The number of carbonyl (C=O) groups excluding carboxylic acids is 2. The van der Waals surface area contributed by atoms with Crippen LogP contribution in [0.3, 0.4) is 0 Å². The van der Waals surface area contributed by atoms with E-state index in [2.05, 4.69) is 26.7 Å². The van der Waals surface area contributed by atoms with Gasteiger partial charge in [0.05, 0.1) is 28.2 Å². The Hall–Kier alpha value is -2.17. The van der Waals surface area contributed by atoms with Crippen molar-refractivity contribution < 1.29 is 9.59 Å². The summed E-state index contributed by atoms with van der Waals surface area (Å²) >= 11 is 4.58. The standard InChI is InChI=1S/C21H23N5O2S3/c27-18(12-29-21-24-14-7-3-4-8-16(14)31-21)26-10-9-15-17(11-26)30-20(23-15)25-19(28)22-13-5-1-2-6-13/h3-4,7-8,13H,1-2,5-6,9-12H2,(H2,22,23,25,28). The Morgan fingerprint density at radius 3 is 2.84 bits per heavy atom. The molecule has 31 heavy (non-hydrogen) atoms. The van der Waals surface area contributed by atoms with Crippen LogP contribution in [0.4, 0.5) is 9.93 Å². The van der Waals surface area contributed by atoms with Crippen LogP contribution in [0.25, 0.3) is 10.2 Å². The minimum absolute atomic E-state index is 0.108. The van der Waals surface area contributed by atoms with Crippen LogP contribution < -0.4 is 10.6 Å². The fraction of sp³-hybridized carbons (Fsp3) is 0.429. The monoisotopic (exact) mass is 473 g/mol. The summed E-state index contributed by atoms with van der Waals surface area (Å²) in [5, 5.41) is 6.50. The van der Waals surface area contributed by atoms with Crippen LogP contribution in [0.2, 0.25) is 0 Å². The fourth-order valence-corrected chi connectivity index (χ4v) is 6.97. The van der Waals surface area contributed by atoms with E-state index < -0.39 is 0 Å². The molecule has 2 aromatic heterocycles. The van der Waals surface area contributed by atoms with Crippen LogP contribution in [0.5, 0.6) is 0 Å². The number of thiazole rings is 2. The third-order valence-electron chi connectivity index (χ3n) is 5.59. The van der Waals surface area contributed by atoms with Gasteiger partial charge in [-0.05, 0) is 25.0 Å². The van der Waals surface area contributed by atoms with Gasteiger partial charge in [-0.1, -0.05) is 48.1 Å². The molecule has 0 atom stereocenters. The molecule has 0 spiro atoms. The normalized spacial score (nSPS) is 16.5. The molecule has 1 aromatic carbocycles. The second-order valence-corrected chi connectivity index (χ2v) is 11.1. The number of thioether (sulfide) groups is 1. The molecule has 5 rings (SSSR count). The van der Waals surface area contributed by atoms with Crippen LogP contribution >= 0.6 is 34.4 Å². The number of hydrogen-bond donors (Lipinski definition) is 2. The number of anilines is 1. The third-order valence-corrected chi connectivity index (χ3v) is 8.75. The smallest absolute Gasteiger partial charge is 0.321 e. The summed E-state index contributed by atoms with van der Waals surface area (Å²) in [5.41, 5.74) is 1.97. The predicted molar refractivity (Wildman–Crippen MR) is 126 cm³/mol. The first-order chi connectivity index (χ1) is 15.1. The molecule has 1 aliphatic carbocycles. The van der Waals surface area contributed by atoms with Crippen molar-refractivity contribution >= 4 is 61.7 Å². The van der Waals surface area contributed by atoms with Crippen molar-refractivity contribution in [2.45, 2.75) is 49.0 Å². The van der Waals surface area contributed by atoms with Gasteiger partial charge in [0.25, 0.3) is 0 Å². The highest BCUT2D eigenvalue weighted by Crippen LogP contribution is 2.31. The molecule has 2 aliphatic rings. The van der Waals surface area contributed by atoms with Crippen LogP contribution in [0, 0.1) is 0 Å². The van der Waals surface area contributed by atoms with Gasteiger partial charge in [0.1, 0.15) is 0 Å². The van der Waals surface area contributed by atoms with Crippen molar-refractivity contribution in [2.75, 3.05) is 17.6 Å². The Bertz CT molecular complexity index is 1070.